The Labute approximate surface area is 386 Å². The minimum Gasteiger partial charge on any atom is -0.444 e. The molecule has 11 nitrogen and oxygen atoms in total. The largest absolute Gasteiger partial charge is 0.444 e. The molecule has 0 aromatic heterocycles. The average Bonchev–Trinajstić information content (AvgIpc) is 3.21. The van der Waals surface area contributed by atoms with Crippen molar-refractivity contribution in [3.63, 3.8) is 0 Å². The maximum absolute atomic E-state index is 13.6. The van der Waals surface area contributed by atoms with Crippen LogP contribution in [0.25, 0.3) is 0 Å². The van der Waals surface area contributed by atoms with Crippen LogP contribution in [-0.2, 0) is 9.47 Å². The van der Waals surface area contributed by atoms with Crippen molar-refractivity contribution in [3.8, 4) is 12.3 Å². The lowest BCUT2D eigenvalue weighted by Gasteiger charge is -2.22. The third-order valence-electron chi connectivity index (χ3n) is 7.31. The fourth-order valence-corrected chi connectivity index (χ4v) is 4.67. The summed E-state index contributed by atoms with van der Waals surface area (Å²) in [7, 11) is 0. The number of hydrogen-bond acceptors (Lipinski definition) is 9. The monoisotopic (exact) mass is 977 g/mol. The number of terminal acetylenes is 1. The van der Waals surface area contributed by atoms with E-state index >= 15 is 0 Å². The summed E-state index contributed by atoms with van der Waals surface area (Å²) in [6, 6.07) is 9.21. The number of nitrogens with one attached hydrogen (secondary N) is 2. The van der Waals surface area contributed by atoms with Crippen molar-refractivity contribution in [2.24, 2.45) is 5.73 Å². The molecule has 0 spiro atoms. The van der Waals surface area contributed by atoms with Gasteiger partial charge in [0.1, 0.15) is 63.8 Å². The fraction of sp³-hybridized carbons (Fsp3) is 0.289. The van der Waals surface area contributed by atoms with Gasteiger partial charge in [0.05, 0.1) is 41.2 Å². The highest BCUT2D eigenvalue weighted by Crippen LogP contribution is 2.16. The minimum atomic E-state index is -1.20. The first-order valence-corrected chi connectivity index (χ1v) is 19.3. The van der Waals surface area contributed by atoms with Crippen molar-refractivity contribution in [2.75, 3.05) is 19.0 Å². The van der Waals surface area contributed by atoms with Crippen molar-refractivity contribution in [1.82, 2.24) is 10.6 Å². The number of Topliss-reactive ketones (excluding diaryl/α,β-unsaturated/α-hetero) is 4. The second-order valence-electron chi connectivity index (χ2n) is 14.9. The van der Waals surface area contributed by atoms with Gasteiger partial charge in [-0.15, -0.1) is 36.4 Å². The number of ketones is 4. The third-order valence-corrected chi connectivity index (χ3v) is 7.55. The van der Waals surface area contributed by atoms with Gasteiger partial charge in [0.15, 0.2) is 23.1 Å². The standard InChI is InChI=1S/C16H17F2NO3.C13H15F2NO3.C8H5ClF2O.C8H7F2NO.ClH/c1-5-6-13(19-15(21)22-16(2,3)4)14(20)11-9-10(17)7-8-12(11)18;1-13(2,3)19-12(18)16-7-11(17)9-6-8(14)4-5-10(9)15;9-4-8(12)6-3-5(10)1-2-7(6)11;9-5-1-2-7(10)6(3-5)8(12)4-11;/h1,7-9,13H,6H2,2-4H3,(H,19,21);4-6H,7H2,1-3H3,(H,16,18);1-3H,4H2;1-3H,4,11H2;1H. The topological polar surface area (TPSA) is 171 Å². The number of halogens is 10. The van der Waals surface area contributed by atoms with Crippen LogP contribution in [0.5, 0.6) is 0 Å². The molecule has 4 N–H and O–H groups in total. The van der Waals surface area contributed by atoms with Crippen LogP contribution in [0.3, 0.4) is 0 Å². The lowest BCUT2D eigenvalue weighted by molar-refractivity contribution is 0.0490. The fourth-order valence-electron chi connectivity index (χ4n) is 4.53. The predicted octanol–water partition coefficient (Wildman–Crippen LogP) is 9.65. The van der Waals surface area contributed by atoms with Crippen molar-refractivity contribution < 1.29 is 73.4 Å². The van der Waals surface area contributed by atoms with Crippen LogP contribution < -0.4 is 16.4 Å². The van der Waals surface area contributed by atoms with E-state index < -0.39 is 117 Å². The maximum atomic E-state index is 13.6. The van der Waals surface area contributed by atoms with Crippen molar-refractivity contribution in [1.29, 1.82) is 0 Å². The minimum absolute atomic E-state index is 0. The van der Waals surface area contributed by atoms with Gasteiger partial charge in [0.2, 0.25) is 0 Å². The summed E-state index contributed by atoms with van der Waals surface area (Å²) < 4.78 is 113. The van der Waals surface area contributed by atoms with Crippen molar-refractivity contribution >= 4 is 59.3 Å². The van der Waals surface area contributed by atoms with Gasteiger partial charge in [-0.05, 0) is 114 Å². The smallest absolute Gasteiger partial charge is 0.408 e. The molecular formula is C45H45Cl2F8N3O8. The van der Waals surface area contributed by atoms with Crippen LogP contribution in [0.4, 0.5) is 44.7 Å². The molecule has 0 saturated heterocycles. The molecule has 0 saturated carbocycles. The van der Waals surface area contributed by atoms with Crippen LogP contribution in [-0.4, -0.2) is 71.5 Å². The van der Waals surface area contributed by atoms with E-state index in [0.717, 1.165) is 72.8 Å². The normalized spacial score (nSPS) is 10.8. The molecule has 1 atom stereocenters. The van der Waals surface area contributed by atoms with E-state index in [1.54, 1.807) is 41.5 Å². The number of rotatable bonds is 11. The van der Waals surface area contributed by atoms with Gasteiger partial charge >= 0.3 is 12.2 Å². The summed E-state index contributed by atoms with van der Waals surface area (Å²) in [6.45, 7) is 9.17. The molecule has 1 unspecified atom stereocenters. The molecule has 0 fully saturated rings. The SMILES string of the molecule is C#CCC(NC(=O)OC(C)(C)C)C(=O)c1cc(F)ccc1F.CC(C)(C)OC(=O)NCC(=O)c1cc(F)ccc1F.Cl.NCC(=O)c1cc(F)ccc1F.O=C(CCl)c1cc(F)ccc1F. The van der Waals surface area contributed by atoms with E-state index in [4.69, 9.17) is 33.2 Å². The van der Waals surface area contributed by atoms with E-state index in [2.05, 4.69) is 16.6 Å². The Morgan fingerprint density at radius 2 is 0.955 bits per heavy atom. The molecule has 4 aromatic carbocycles. The Morgan fingerprint density at radius 3 is 1.32 bits per heavy atom. The molecule has 358 valence electrons. The van der Waals surface area contributed by atoms with Gasteiger partial charge in [-0.2, -0.15) is 0 Å². The Bertz CT molecular complexity index is 2320. The zero-order valence-electron chi connectivity index (χ0n) is 36.1. The first-order chi connectivity index (χ1) is 30.1. The second kappa shape index (κ2) is 27.8. The molecule has 4 rings (SSSR count). The van der Waals surface area contributed by atoms with E-state index in [1.807, 2.05) is 0 Å². The molecule has 0 radical (unpaired) electrons. The lowest BCUT2D eigenvalue weighted by Crippen LogP contribution is -2.43. The van der Waals surface area contributed by atoms with Crippen LogP contribution in [0.15, 0.2) is 72.8 Å². The maximum Gasteiger partial charge on any atom is 0.408 e. The van der Waals surface area contributed by atoms with Crippen molar-refractivity contribution in [3.05, 3.63) is 142 Å². The zero-order chi connectivity index (χ0) is 49.8. The summed E-state index contributed by atoms with van der Waals surface area (Å²) >= 11 is 5.17. The zero-order valence-corrected chi connectivity index (χ0v) is 37.6. The van der Waals surface area contributed by atoms with Crippen LogP contribution in [0, 0.1) is 58.9 Å². The quantitative estimate of drug-likeness (QED) is 0.0573. The van der Waals surface area contributed by atoms with E-state index in [-0.39, 0.29) is 42.4 Å². The van der Waals surface area contributed by atoms with Crippen LogP contribution in [0.2, 0.25) is 0 Å². The second-order valence-corrected chi connectivity index (χ2v) is 15.2. The van der Waals surface area contributed by atoms with E-state index in [1.165, 1.54) is 0 Å². The Kier molecular flexibility index (Phi) is 25.2. The Hall–Kier alpha value is -6.36. The molecule has 0 aliphatic heterocycles. The number of hydrogen-bond donors (Lipinski definition) is 3. The average molecular weight is 979 g/mol. The number of benzene rings is 4. The number of carbonyl (C=O) groups is 6. The van der Waals surface area contributed by atoms with Crippen LogP contribution in [0.1, 0.15) is 89.4 Å². The van der Waals surface area contributed by atoms with Gasteiger partial charge in [-0.3, -0.25) is 19.2 Å². The van der Waals surface area contributed by atoms with Gasteiger partial charge in [-0.25, -0.2) is 44.7 Å². The Balaban J connectivity index is 0.000000877. The molecule has 66 heavy (non-hydrogen) atoms. The molecule has 2 amide bonds. The molecule has 0 bridgehead atoms. The highest BCUT2D eigenvalue weighted by atomic mass is 35.5. The number of carbonyl (C=O) groups excluding carboxylic acids is 6. The summed E-state index contributed by atoms with van der Waals surface area (Å²) in [5.74, 6) is -6.90. The number of ether oxygens (including phenoxy) is 2. The molecule has 0 aliphatic rings. The molecule has 0 aliphatic carbocycles. The van der Waals surface area contributed by atoms with Crippen LogP contribution >= 0.6 is 24.0 Å². The first-order valence-electron chi connectivity index (χ1n) is 18.7. The summed E-state index contributed by atoms with van der Waals surface area (Å²) in [5.41, 5.74) is 2.04. The summed E-state index contributed by atoms with van der Waals surface area (Å²) in [6.07, 6.45) is 3.32. The molecule has 21 heteroatoms. The summed E-state index contributed by atoms with van der Waals surface area (Å²) in [4.78, 5) is 68.6. The van der Waals surface area contributed by atoms with E-state index in [0.29, 0.717) is 0 Å². The highest BCUT2D eigenvalue weighted by Gasteiger charge is 2.27. The number of nitrogens with two attached hydrogens (primary N) is 1. The number of amides is 2. The van der Waals surface area contributed by atoms with Crippen molar-refractivity contribution in [2.45, 2.75) is 65.2 Å². The van der Waals surface area contributed by atoms with E-state index in [9.17, 15) is 63.9 Å². The van der Waals surface area contributed by atoms with Gasteiger partial charge in [0.25, 0.3) is 0 Å². The number of alkyl halides is 1. The third kappa shape index (κ3) is 22.0. The number of alkyl carbamates (subject to hydrolysis) is 2. The highest BCUT2D eigenvalue weighted by molar-refractivity contribution is 6.30. The first kappa shape index (κ1) is 59.6. The molecule has 0 heterocycles. The summed E-state index contributed by atoms with van der Waals surface area (Å²) in [5, 5.41) is 4.46. The van der Waals surface area contributed by atoms with Gasteiger partial charge < -0.3 is 25.8 Å². The lowest BCUT2D eigenvalue weighted by atomic mass is 10.0. The molecular weight excluding hydrogens is 933 g/mol. The Morgan fingerprint density at radius 1 is 0.606 bits per heavy atom. The van der Waals surface area contributed by atoms with Gasteiger partial charge in [0, 0.05) is 6.42 Å². The van der Waals surface area contributed by atoms with Gasteiger partial charge in [-0.1, -0.05) is 0 Å². The predicted molar refractivity (Wildman–Crippen MR) is 231 cm³/mol. The molecule has 4 aromatic rings.